The van der Waals surface area contributed by atoms with Crippen LogP contribution in [0.3, 0.4) is 0 Å². The lowest BCUT2D eigenvalue weighted by Gasteiger charge is -2.00. The first-order chi connectivity index (χ1) is 10.5. The van der Waals surface area contributed by atoms with E-state index in [1.165, 1.54) is 12.3 Å². The number of aromatic nitrogens is 3. The van der Waals surface area contributed by atoms with Gasteiger partial charge in [0.1, 0.15) is 5.69 Å². The maximum atomic E-state index is 11.6. The number of nitrogens with zero attached hydrogens (tertiary/aromatic N) is 2. The molecule has 2 aromatic rings. The number of nitrogens with one attached hydrogen (secondary N) is 3. The van der Waals surface area contributed by atoms with E-state index >= 15 is 0 Å². The van der Waals surface area contributed by atoms with Gasteiger partial charge in [0, 0.05) is 10.6 Å². The van der Waals surface area contributed by atoms with Crippen molar-refractivity contribution < 1.29 is 4.79 Å². The predicted molar refractivity (Wildman–Crippen MR) is 81.4 cm³/mol. The first kappa shape index (κ1) is 15.9. The van der Waals surface area contributed by atoms with Gasteiger partial charge in [-0.1, -0.05) is 29.3 Å². The summed E-state index contributed by atoms with van der Waals surface area (Å²) in [5, 5.41) is 10.1. The summed E-state index contributed by atoms with van der Waals surface area (Å²) in [7, 11) is 0. The van der Waals surface area contributed by atoms with Crippen molar-refractivity contribution in [3.05, 3.63) is 60.3 Å². The third-order valence-electron chi connectivity index (χ3n) is 2.46. The third kappa shape index (κ3) is 4.27. The molecule has 1 aromatic carbocycles. The minimum atomic E-state index is -0.746. The number of halogens is 2. The van der Waals surface area contributed by atoms with Crippen molar-refractivity contribution in [1.29, 1.82) is 0 Å². The third-order valence-corrected chi connectivity index (χ3v) is 3.03. The Balaban J connectivity index is 1.99. The first-order valence-corrected chi connectivity index (χ1v) is 6.66. The van der Waals surface area contributed by atoms with Gasteiger partial charge in [-0.15, -0.1) is 0 Å². The van der Waals surface area contributed by atoms with Crippen LogP contribution < -0.4 is 16.7 Å². The number of aromatic amines is 2. The van der Waals surface area contributed by atoms with Gasteiger partial charge >= 0.3 is 5.69 Å². The van der Waals surface area contributed by atoms with E-state index in [0.29, 0.717) is 15.6 Å². The molecule has 10 heteroatoms. The van der Waals surface area contributed by atoms with E-state index in [1.807, 2.05) is 10.1 Å². The van der Waals surface area contributed by atoms with E-state index in [9.17, 15) is 14.4 Å². The van der Waals surface area contributed by atoms with Crippen LogP contribution >= 0.6 is 23.2 Å². The molecule has 8 nitrogen and oxygen atoms in total. The molecule has 0 saturated heterocycles. The fourth-order valence-electron chi connectivity index (χ4n) is 1.46. The zero-order valence-electron chi connectivity index (χ0n) is 10.9. The molecule has 2 rings (SSSR count). The Labute approximate surface area is 133 Å². The molecular formula is C12H9Cl2N5O3. The average Bonchev–Trinajstić information content (AvgIpc) is 2.44. The molecule has 0 atom stereocenters. The van der Waals surface area contributed by atoms with Gasteiger partial charge in [-0.3, -0.25) is 14.6 Å². The highest BCUT2D eigenvalue weighted by Gasteiger charge is 2.08. The van der Waals surface area contributed by atoms with Crippen molar-refractivity contribution in [1.82, 2.24) is 20.6 Å². The molecule has 22 heavy (non-hydrogen) atoms. The Morgan fingerprint density at radius 2 is 2.14 bits per heavy atom. The fraction of sp³-hybridized carbons (Fsp3) is 0.0833. The summed E-state index contributed by atoms with van der Waals surface area (Å²) < 4.78 is 0. The highest BCUT2D eigenvalue weighted by molar-refractivity contribution is 6.36. The van der Waals surface area contributed by atoms with Gasteiger partial charge in [-0.05, 0) is 12.1 Å². The van der Waals surface area contributed by atoms with Gasteiger partial charge in [-0.2, -0.15) is 10.2 Å². The molecule has 0 fully saturated rings. The van der Waals surface area contributed by atoms with Crippen molar-refractivity contribution in [2.75, 3.05) is 0 Å². The van der Waals surface area contributed by atoms with Crippen molar-refractivity contribution >= 4 is 35.3 Å². The van der Waals surface area contributed by atoms with E-state index in [2.05, 4.69) is 15.6 Å². The number of hydrogen-bond donors (Lipinski definition) is 3. The number of carbonyl (C=O) groups excluding carboxylic acids is 1. The summed E-state index contributed by atoms with van der Waals surface area (Å²) in [6.45, 7) is 0. The lowest BCUT2D eigenvalue weighted by Crippen LogP contribution is -2.31. The largest absolute Gasteiger partial charge is 0.342 e. The molecule has 114 valence electrons. The maximum absolute atomic E-state index is 11.6. The highest BCUT2D eigenvalue weighted by atomic mass is 35.5. The molecular weight excluding hydrogens is 333 g/mol. The van der Waals surface area contributed by atoms with Crippen molar-refractivity contribution in [3.63, 3.8) is 0 Å². The predicted octanol–water partition coefficient (Wildman–Crippen LogP) is 0.458. The topological polar surface area (TPSA) is 120 Å². The number of hydrazone groups is 1. The molecule has 0 spiro atoms. The number of carbonyl (C=O) groups is 1. The minimum absolute atomic E-state index is 0.128. The van der Waals surface area contributed by atoms with Gasteiger partial charge in [0.05, 0.1) is 17.7 Å². The highest BCUT2D eigenvalue weighted by Crippen LogP contribution is 2.19. The average molecular weight is 342 g/mol. The van der Waals surface area contributed by atoms with E-state index < -0.39 is 17.2 Å². The van der Waals surface area contributed by atoms with Crippen LogP contribution in [0.2, 0.25) is 10.0 Å². The molecule has 0 aliphatic carbocycles. The maximum Gasteiger partial charge on any atom is 0.342 e. The normalized spacial score (nSPS) is 10.8. The van der Waals surface area contributed by atoms with Crippen LogP contribution in [0.5, 0.6) is 0 Å². The summed E-state index contributed by atoms with van der Waals surface area (Å²) in [6.07, 6.45) is 0.999. The van der Waals surface area contributed by atoms with E-state index in [1.54, 1.807) is 12.1 Å². The molecule has 0 bridgehead atoms. The van der Waals surface area contributed by atoms with Crippen molar-refractivity contribution in [2.24, 2.45) is 5.10 Å². The Morgan fingerprint density at radius 1 is 1.36 bits per heavy atom. The van der Waals surface area contributed by atoms with Crippen LogP contribution in [0.1, 0.15) is 11.3 Å². The monoisotopic (exact) mass is 341 g/mol. The summed E-state index contributed by atoms with van der Waals surface area (Å²) in [4.78, 5) is 35.7. The second-order valence-corrected chi connectivity index (χ2v) is 4.93. The van der Waals surface area contributed by atoms with Gasteiger partial charge in [0.15, 0.2) is 0 Å². The Hall–Kier alpha value is -2.45. The van der Waals surface area contributed by atoms with Gasteiger partial charge in [0.2, 0.25) is 5.91 Å². The van der Waals surface area contributed by atoms with E-state index in [-0.39, 0.29) is 12.1 Å². The van der Waals surface area contributed by atoms with Crippen LogP contribution in [0.25, 0.3) is 0 Å². The van der Waals surface area contributed by atoms with Crippen LogP contribution in [-0.4, -0.2) is 27.3 Å². The molecule has 1 aromatic heterocycles. The second kappa shape index (κ2) is 7.01. The smallest absolute Gasteiger partial charge is 0.273 e. The Bertz CT molecular complexity index is 843. The van der Waals surface area contributed by atoms with Crippen LogP contribution in [0, 0.1) is 0 Å². The quantitative estimate of drug-likeness (QED) is 0.552. The standard InChI is InChI=1S/C12H9Cl2N5O3/c13-7-2-1-6(8(14)3-7)5-15-18-10(20)4-9-11(21)16-12(22)19-17-9/h1-3,5H,4H2,(H,18,20)(H2,16,19,21,22)/b15-5-. The molecule has 0 saturated carbocycles. The lowest BCUT2D eigenvalue weighted by molar-refractivity contribution is -0.120. The molecule has 1 heterocycles. The van der Waals surface area contributed by atoms with Gasteiger partial charge < -0.3 is 0 Å². The van der Waals surface area contributed by atoms with Gasteiger partial charge in [-0.25, -0.2) is 15.3 Å². The van der Waals surface area contributed by atoms with Crippen LogP contribution in [0.15, 0.2) is 32.9 Å². The number of H-pyrrole nitrogens is 2. The zero-order valence-corrected chi connectivity index (χ0v) is 12.4. The number of amides is 1. The SMILES string of the molecule is O=C(Cc1n[nH]c(=O)[nH]c1=O)N/N=C\c1ccc(Cl)cc1Cl. The Kier molecular flexibility index (Phi) is 5.08. The molecule has 0 aliphatic rings. The molecule has 3 N–H and O–H groups in total. The van der Waals surface area contributed by atoms with E-state index in [0.717, 1.165) is 0 Å². The van der Waals surface area contributed by atoms with Gasteiger partial charge in [0.25, 0.3) is 5.56 Å². The zero-order chi connectivity index (χ0) is 16.1. The number of hydrogen-bond acceptors (Lipinski definition) is 5. The molecule has 0 unspecified atom stereocenters. The minimum Gasteiger partial charge on any atom is -0.273 e. The first-order valence-electron chi connectivity index (χ1n) is 5.90. The van der Waals surface area contributed by atoms with E-state index in [4.69, 9.17) is 23.2 Å². The summed E-state index contributed by atoms with van der Waals surface area (Å²) in [5.41, 5.74) is 1.17. The molecule has 0 radical (unpaired) electrons. The number of benzene rings is 1. The summed E-state index contributed by atoms with van der Waals surface area (Å²) >= 11 is 11.7. The second-order valence-electron chi connectivity index (χ2n) is 4.09. The number of rotatable bonds is 4. The summed E-state index contributed by atoms with van der Waals surface area (Å²) in [5.74, 6) is -0.577. The fourth-order valence-corrected chi connectivity index (χ4v) is 1.92. The van der Waals surface area contributed by atoms with Crippen molar-refractivity contribution in [3.8, 4) is 0 Å². The van der Waals surface area contributed by atoms with Crippen LogP contribution in [-0.2, 0) is 11.2 Å². The lowest BCUT2D eigenvalue weighted by atomic mass is 10.2. The Morgan fingerprint density at radius 3 is 2.82 bits per heavy atom. The summed E-state index contributed by atoms with van der Waals surface area (Å²) in [6, 6.07) is 4.80. The molecule has 1 amide bonds. The van der Waals surface area contributed by atoms with Crippen LogP contribution in [0.4, 0.5) is 0 Å². The van der Waals surface area contributed by atoms with Crippen molar-refractivity contribution in [2.45, 2.75) is 6.42 Å². The molecule has 0 aliphatic heterocycles.